The van der Waals surface area contributed by atoms with Crippen LogP contribution < -0.4 is 9.47 Å². The standard InChI is InChI=1S/C23H21NO2/c1-18-10-9-11-20(16-18)24-23(26-22-14-7-4-8-15-22)19(2)17-25-21-12-5-3-6-13-21/h3-17H,1-2H3/b19-17+,24-23-. The van der Waals surface area contributed by atoms with E-state index in [2.05, 4.69) is 4.99 Å². The number of aliphatic imine (C=N–C) groups is 1. The molecule has 0 radical (unpaired) electrons. The summed E-state index contributed by atoms with van der Waals surface area (Å²) in [5, 5.41) is 0. The predicted octanol–water partition coefficient (Wildman–Crippen LogP) is 6.09. The Balaban J connectivity index is 1.88. The molecule has 0 aromatic heterocycles. The van der Waals surface area contributed by atoms with Gasteiger partial charge in [-0.2, -0.15) is 0 Å². The monoisotopic (exact) mass is 343 g/mol. The fourth-order valence-corrected chi connectivity index (χ4v) is 2.31. The zero-order valence-electron chi connectivity index (χ0n) is 14.9. The first-order chi connectivity index (χ1) is 12.7. The van der Waals surface area contributed by atoms with Gasteiger partial charge >= 0.3 is 0 Å². The Kier molecular flexibility index (Phi) is 5.84. The van der Waals surface area contributed by atoms with Gasteiger partial charge in [0.05, 0.1) is 11.9 Å². The SMILES string of the molecule is CC(=C\Oc1ccccc1)/C(=N/c1cccc(C)c1)Oc1ccccc1. The molecule has 3 nitrogen and oxygen atoms in total. The lowest BCUT2D eigenvalue weighted by atomic mass is 10.2. The number of benzene rings is 3. The summed E-state index contributed by atoms with van der Waals surface area (Å²) in [6.45, 7) is 3.96. The Morgan fingerprint density at radius 1 is 0.808 bits per heavy atom. The highest BCUT2D eigenvalue weighted by Crippen LogP contribution is 2.19. The van der Waals surface area contributed by atoms with E-state index in [9.17, 15) is 0 Å². The summed E-state index contributed by atoms with van der Waals surface area (Å²) in [4.78, 5) is 4.67. The van der Waals surface area contributed by atoms with Crippen molar-refractivity contribution in [1.29, 1.82) is 0 Å². The van der Waals surface area contributed by atoms with Gasteiger partial charge in [-0.05, 0) is 55.8 Å². The van der Waals surface area contributed by atoms with Crippen molar-refractivity contribution in [1.82, 2.24) is 0 Å². The second kappa shape index (κ2) is 8.67. The molecule has 130 valence electrons. The van der Waals surface area contributed by atoms with Crippen LogP contribution in [0.15, 0.2) is 102 Å². The summed E-state index contributed by atoms with van der Waals surface area (Å²) in [5.74, 6) is 1.99. The highest BCUT2D eigenvalue weighted by Gasteiger charge is 2.08. The van der Waals surface area contributed by atoms with Crippen LogP contribution in [0.4, 0.5) is 5.69 Å². The minimum atomic E-state index is 0.498. The van der Waals surface area contributed by atoms with E-state index < -0.39 is 0 Å². The molecule has 0 unspecified atom stereocenters. The van der Waals surface area contributed by atoms with Gasteiger partial charge in [0.15, 0.2) is 0 Å². The van der Waals surface area contributed by atoms with Crippen molar-refractivity contribution in [3.63, 3.8) is 0 Å². The maximum atomic E-state index is 6.01. The first kappa shape index (κ1) is 17.5. The molecule has 0 atom stereocenters. The molecule has 3 rings (SSSR count). The number of para-hydroxylation sites is 2. The second-order valence-corrected chi connectivity index (χ2v) is 5.90. The zero-order chi connectivity index (χ0) is 18.2. The van der Waals surface area contributed by atoms with E-state index in [0.29, 0.717) is 5.90 Å². The number of hydrogen-bond donors (Lipinski definition) is 0. The number of hydrogen-bond acceptors (Lipinski definition) is 3. The summed E-state index contributed by atoms with van der Waals surface area (Å²) in [6, 6.07) is 27.2. The van der Waals surface area contributed by atoms with Crippen molar-refractivity contribution in [2.75, 3.05) is 0 Å². The Morgan fingerprint density at radius 3 is 2.12 bits per heavy atom. The maximum absolute atomic E-state index is 6.01. The van der Waals surface area contributed by atoms with Gasteiger partial charge < -0.3 is 9.47 Å². The average molecular weight is 343 g/mol. The average Bonchev–Trinajstić information content (AvgIpc) is 2.67. The molecule has 0 saturated carbocycles. The van der Waals surface area contributed by atoms with Crippen molar-refractivity contribution in [3.05, 3.63) is 102 Å². The summed E-state index contributed by atoms with van der Waals surface area (Å²) in [5.41, 5.74) is 2.77. The summed E-state index contributed by atoms with van der Waals surface area (Å²) in [6.07, 6.45) is 1.66. The lowest BCUT2D eigenvalue weighted by Crippen LogP contribution is -2.10. The molecule has 3 heteroatoms. The van der Waals surface area contributed by atoms with Gasteiger partial charge in [-0.3, -0.25) is 0 Å². The molecule has 0 saturated heterocycles. The summed E-state index contributed by atoms with van der Waals surface area (Å²) >= 11 is 0. The van der Waals surface area contributed by atoms with E-state index in [-0.39, 0.29) is 0 Å². The Bertz CT molecular complexity index is 900. The van der Waals surface area contributed by atoms with E-state index in [0.717, 1.165) is 28.3 Å². The van der Waals surface area contributed by atoms with Crippen LogP contribution in [-0.2, 0) is 0 Å². The highest BCUT2D eigenvalue weighted by molar-refractivity contribution is 5.96. The van der Waals surface area contributed by atoms with Crippen LogP contribution in [-0.4, -0.2) is 5.90 Å². The number of nitrogens with zero attached hydrogens (tertiary/aromatic N) is 1. The van der Waals surface area contributed by atoms with Gasteiger partial charge in [-0.15, -0.1) is 0 Å². The third-order valence-electron chi connectivity index (χ3n) is 3.64. The second-order valence-electron chi connectivity index (χ2n) is 5.90. The van der Waals surface area contributed by atoms with Gasteiger partial charge in [-0.25, -0.2) is 4.99 Å². The van der Waals surface area contributed by atoms with E-state index in [4.69, 9.17) is 9.47 Å². The van der Waals surface area contributed by atoms with Crippen LogP contribution >= 0.6 is 0 Å². The molecule has 0 aliphatic rings. The molecular weight excluding hydrogens is 322 g/mol. The van der Waals surface area contributed by atoms with E-state index >= 15 is 0 Å². The molecule has 0 spiro atoms. The van der Waals surface area contributed by atoms with Crippen molar-refractivity contribution in [2.45, 2.75) is 13.8 Å². The van der Waals surface area contributed by atoms with Crippen LogP contribution in [0.2, 0.25) is 0 Å². The van der Waals surface area contributed by atoms with E-state index in [1.54, 1.807) is 6.26 Å². The largest absolute Gasteiger partial charge is 0.465 e. The molecule has 0 aliphatic heterocycles. The highest BCUT2D eigenvalue weighted by atomic mass is 16.5. The number of ether oxygens (including phenoxy) is 2. The fraction of sp³-hybridized carbons (Fsp3) is 0.0870. The molecule has 0 aliphatic carbocycles. The Morgan fingerprint density at radius 2 is 1.46 bits per heavy atom. The normalized spacial score (nSPS) is 11.9. The molecule has 0 amide bonds. The molecule has 26 heavy (non-hydrogen) atoms. The van der Waals surface area contributed by atoms with Crippen molar-refractivity contribution >= 4 is 11.6 Å². The van der Waals surface area contributed by atoms with E-state index in [1.807, 2.05) is 98.8 Å². The van der Waals surface area contributed by atoms with E-state index in [1.165, 1.54) is 0 Å². The van der Waals surface area contributed by atoms with Gasteiger partial charge in [0.25, 0.3) is 0 Å². The van der Waals surface area contributed by atoms with Crippen LogP contribution in [0.3, 0.4) is 0 Å². The first-order valence-electron chi connectivity index (χ1n) is 8.48. The van der Waals surface area contributed by atoms with Crippen LogP contribution in [0.5, 0.6) is 11.5 Å². The molecular formula is C23H21NO2. The Labute approximate surface area is 154 Å². The Hall–Kier alpha value is -3.33. The fourth-order valence-electron chi connectivity index (χ4n) is 2.31. The van der Waals surface area contributed by atoms with Gasteiger partial charge in [0, 0.05) is 5.57 Å². The lowest BCUT2D eigenvalue weighted by Gasteiger charge is -2.10. The topological polar surface area (TPSA) is 30.8 Å². The third-order valence-corrected chi connectivity index (χ3v) is 3.64. The van der Waals surface area contributed by atoms with Gasteiger partial charge in [-0.1, -0.05) is 48.5 Å². The first-order valence-corrected chi connectivity index (χ1v) is 8.48. The van der Waals surface area contributed by atoms with Crippen LogP contribution in [0.25, 0.3) is 0 Å². The molecule has 3 aromatic carbocycles. The quantitative estimate of drug-likeness (QED) is 0.319. The molecule has 0 heterocycles. The summed E-state index contributed by atoms with van der Waals surface area (Å²) < 4.78 is 11.7. The number of aryl methyl sites for hydroxylation is 1. The molecule has 3 aromatic rings. The number of rotatable bonds is 5. The van der Waals surface area contributed by atoms with Crippen LogP contribution in [0.1, 0.15) is 12.5 Å². The van der Waals surface area contributed by atoms with Crippen molar-refractivity contribution in [2.24, 2.45) is 4.99 Å². The third kappa shape index (κ3) is 5.08. The molecule has 0 N–H and O–H groups in total. The minimum Gasteiger partial charge on any atom is -0.465 e. The molecule has 0 bridgehead atoms. The minimum absolute atomic E-state index is 0.498. The molecule has 0 fully saturated rings. The zero-order valence-corrected chi connectivity index (χ0v) is 14.9. The van der Waals surface area contributed by atoms with Crippen molar-refractivity contribution < 1.29 is 9.47 Å². The van der Waals surface area contributed by atoms with Gasteiger partial charge in [0.1, 0.15) is 11.5 Å². The van der Waals surface area contributed by atoms with Crippen LogP contribution in [0, 0.1) is 6.92 Å². The maximum Gasteiger partial charge on any atom is 0.225 e. The smallest absolute Gasteiger partial charge is 0.225 e. The van der Waals surface area contributed by atoms with Crippen molar-refractivity contribution in [3.8, 4) is 11.5 Å². The summed E-state index contributed by atoms with van der Waals surface area (Å²) in [7, 11) is 0. The lowest BCUT2D eigenvalue weighted by molar-refractivity contribution is 0.473. The predicted molar refractivity (Wildman–Crippen MR) is 106 cm³/mol. The van der Waals surface area contributed by atoms with Gasteiger partial charge in [0.2, 0.25) is 5.90 Å².